The number of nitrogens with one attached hydrogen (secondary N) is 1. The Balaban J connectivity index is 2.01. The molecule has 4 N–H and O–H groups in total. The number of anilines is 1. The Bertz CT molecular complexity index is 1250. The Hall–Kier alpha value is -4.25. The molecule has 36 heavy (non-hydrogen) atoms. The van der Waals surface area contributed by atoms with E-state index in [1.807, 2.05) is 18.2 Å². The summed E-state index contributed by atoms with van der Waals surface area (Å²) >= 11 is 0. The summed E-state index contributed by atoms with van der Waals surface area (Å²) in [4.78, 5) is 26.9. The molecular weight excluding hydrogens is 476 g/mol. The summed E-state index contributed by atoms with van der Waals surface area (Å²) in [5, 5.41) is 11.7. The first kappa shape index (κ1) is 26.4. The third-order valence-electron chi connectivity index (χ3n) is 4.90. The van der Waals surface area contributed by atoms with Crippen molar-refractivity contribution in [2.45, 2.75) is 32.9 Å². The van der Waals surface area contributed by atoms with Crippen molar-refractivity contribution >= 4 is 17.7 Å². The second-order valence-corrected chi connectivity index (χ2v) is 7.51. The summed E-state index contributed by atoms with van der Waals surface area (Å²) in [6.45, 7) is 3.64. The molecule has 0 saturated carbocycles. The summed E-state index contributed by atoms with van der Waals surface area (Å²) in [5.41, 5.74) is 8.19. The molecule has 190 valence electrons. The van der Waals surface area contributed by atoms with E-state index in [1.165, 1.54) is 13.0 Å². The van der Waals surface area contributed by atoms with E-state index in [9.17, 15) is 18.4 Å². The van der Waals surface area contributed by atoms with Gasteiger partial charge in [0.2, 0.25) is 0 Å². The molecule has 1 amide bonds. The first-order valence-corrected chi connectivity index (χ1v) is 11.1. The Morgan fingerprint density at radius 3 is 2.47 bits per heavy atom. The number of nitrogens with two attached hydrogens (primary N) is 1. The lowest BCUT2D eigenvalue weighted by molar-refractivity contribution is -0.145. The van der Waals surface area contributed by atoms with Crippen LogP contribution in [0.3, 0.4) is 0 Å². The number of carbonyl (C=O) groups is 2. The molecule has 1 aromatic heterocycles. The van der Waals surface area contributed by atoms with Gasteiger partial charge >= 0.3 is 12.1 Å². The molecular formula is C25H25F2N3O6. The zero-order valence-corrected chi connectivity index (χ0v) is 19.6. The van der Waals surface area contributed by atoms with Crippen LogP contribution in [0.15, 0.2) is 48.5 Å². The Kier molecular flexibility index (Phi) is 8.74. The first-order valence-electron chi connectivity index (χ1n) is 11.1. The van der Waals surface area contributed by atoms with Crippen LogP contribution in [0.2, 0.25) is 0 Å². The van der Waals surface area contributed by atoms with Gasteiger partial charge in [-0.2, -0.15) is 4.98 Å². The highest BCUT2D eigenvalue weighted by Gasteiger charge is 2.22. The largest absolute Gasteiger partial charge is 0.479 e. The van der Waals surface area contributed by atoms with E-state index in [1.54, 1.807) is 25.1 Å². The van der Waals surface area contributed by atoms with Gasteiger partial charge in [0.25, 0.3) is 11.8 Å². The van der Waals surface area contributed by atoms with Crippen molar-refractivity contribution in [1.82, 2.24) is 4.98 Å². The van der Waals surface area contributed by atoms with E-state index >= 15 is 0 Å². The van der Waals surface area contributed by atoms with E-state index in [2.05, 4.69) is 10.3 Å². The van der Waals surface area contributed by atoms with Crippen molar-refractivity contribution in [3.63, 3.8) is 0 Å². The van der Waals surface area contributed by atoms with Gasteiger partial charge in [0, 0.05) is 24.4 Å². The van der Waals surface area contributed by atoms with Crippen molar-refractivity contribution in [3.05, 3.63) is 65.7 Å². The molecule has 1 heterocycles. The number of carbonyl (C=O) groups excluding carboxylic acids is 1. The topological polar surface area (TPSA) is 133 Å². The summed E-state index contributed by atoms with van der Waals surface area (Å²) in [7, 11) is 0. The number of hydrogen-bond acceptors (Lipinski definition) is 7. The summed E-state index contributed by atoms with van der Waals surface area (Å²) in [6, 6.07) is 12.4. The summed E-state index contributed by atoms with van der Waals surface area (Å²) in [6.07, 6.45) is -2.07. The maximum Gasteiger partial charge on any atom is 0.411 e. The van der Waals surface area contributed by atoms with Crippen LogP contribution in [0.5, 0.6) is 17.5 Å². The number of hydrogen-bond donors (Lipinski definition) is 3. The lowest BCUT2D eigenvalue weighted by atomic mass is 10.0. The van der Waals surface area contributed by atoms with E-state index in [0.29, 0.717) is 18.2 Å². The summed E-state index contributed by atoms with van der Waals surface area (Å²) in [5.74, 6) is -4.98. The van der Waals surface area contributed by atoms with Crippen LogP contribution in [0.4, 0.5) is 19.3 Å². The highest BCUT2D eigenvalue weighted by atomic mass is 19.1. The SMILES string of the molecule is CCOC(=O)Nc1cc(Oc2nc(OC(CC)C(=O)O)c(F)cc2F)cc(-c2cccc(CN)c2)c1. The van der Waals surface area contributed by atoms with Crippen LogP contribution in [0.25, 0.3) is 11.1 Å². The number of halogens is 2. The molecule has 0 fully saturated rings. The molecule has 0 saturated heterocycles. The molecule has 0 spiro atoms. The van der Waals surface area contributed by atoms with Crippen LogP contribution in [0.1, 0.15) is 25.8 Å². The predicted octanol–water partition coefficient (Wildman–Crippen LogP) is 5.09. The van der Waals surface area contributed by atoms with Gasteiger partial charge in [0.05, 0.1) is 6.61 Å². The zero-order valence-electron chi connectivity index (χ0n) is 19.6. The molecule has 0 aliphatic rings. The molecule has 1 unspecified atom stereocenters. The van der Waals surface area contributed by atoms with Crippen molar-refractivity contribution in [3.8, 4) is 28.6 Å². The van der Waals surface area contributed by atoms with Gasteiger partial charge in [0.1, 0.15) is 5.75 Å². The molecule has 0 bridgehead atoms. The average molecular weight is 501 g/mol. The van der Waals surface area contributed by atoms with Gasteiger partial charge in [0.15, 0.2) is 17.7 Å². The maximum atomic E-state index is 14.5. The van der Waals surface area contributed by atoms with Crippen LogP contribution < -0.4 is 20.5 Å². The van der Waals surface area contributed by atoms with E-state index in [4.69, 9.17) is 25.1 Å². The van der Waals surface area contributed by atoms with Crippen LogP contribution >= 0.6 is 0 Å². The van der Waals surface area contributed by atoms with E-state index in [-0.39, 0.29) is 24.5 Å². The van der Waals surface area contributed by atoms with E-state index < -0.39 is 41.6 Å². The van der Waals surface area contributed by atoms with Crippen molar-refractivity contribution in [1.29, 1.82) is 0 Å². The minimum absolute atomic E-state index is 0.0246. The maximum absolute atomic E-state index is 14.5. The van der Waals surface area contributed by atoms with Crippen molar-refractivity contribution in [2.24, 2.45) is 5.73 Å². The third kappa shape index (κ3) is 6.66. The zero-order chi connectivity index (χ0) is 26.2. The lowest BCUT2D eigenvalue weighted by Crippen LogP contribution is -2.26. The molecule has 9 nitrogen and oxygen atoms in total. The molecule has 3 rings (SSSR count). The number of aliphatic carboxylic acids is 1. The van der Waals surface area contributed by atoms with Crippen LogP contribution in [-0.2, 0) is 16.1 Å². The number of pyridine rings is 1. The highest BCUT2D eigenvalue weighted by molar-refractivity contribution is 5.86. The molecule has 0 aliphatic heterocycles. The fourth-order valence-corrected chi connectivity index (χ4v) is 3.20. The monoisotopic (exact) mass is 501 g/mol. The van der Waals surface area contributed by atoms with Gasteiger partial charge in [-0.3, -0.25) is 5.32 Å². The Morgan fingerprint density at radius 1 is 1.06 bits per heavy atom. The quantitative estimate of drug-likeness (QED) is 0.350. The Morgan fingerprint density at radius 2 is 1.81 bits per heavy atom. The van der Waals surface area contributed by atoms with Crippen molar-refractivity contribution in [2.75, 3.05) is 11.9 Å². The second kappa shape index (κ2) is 11.9. The van der Waals surface area contributed by atoms with Gasteiger partial charge in [-0.05, 0) is 48.2 Å². The number of aromatic nitrogens is 1. The fraction of sp³-hybridized carbons (Fsp3) is 0.240. The van der Waals surface area contributed by atoms with Crippen molar-refractivity contribution < 1.29 is 37.7 Å². The standard InChI is InChI=1S/C25H25F2N3O6/c1-3-21(24(31)32)36-23-20(27)12-19(26)22(30-23)35-18-10-16(15-7-5-6-14(8-15)13-28)9-17(11-18)29-25(33)34-4-2/h5-12,21H,3-4,13,28H2,1-2H3,(H,29,33)(H,31,32). The molecule has 11 heteroatoms. The van der Waals surface area contributed by atoms with E-state index in [0.717, 1.165) is 11.1 Å². The molecule has 1 atom stereocenters. The Labute approximate surface area is 205 Å². The number of benzene rings is 2. The number of nitrogens with zero attached hydrogens (tertiary/aromatic N) is 1. The molecule has 0 radical (unpaired) electrons. The molecule has 2 aromatic carbocycles. The van der Waals surface area contributed by atoms with Gasteiger partial charge in [-0.15, -0.1) is 0 Å². The minimum atomic E-state index is -1.39. The highest BCUT2D eigenvalue weighted by Crippen LogP contribution is 2.33. The number of amides is 1. The normalized spacial score (nSPS) is 11.5. The minimum Gasteiger partial charge on any atom is -0.479 e. The lowest BCUT2D eigenvalue weighted by Gasteiger charge is -2.15. The summed E-state index contributed by atoms with van der Waals surface area (Å²) < 4.78 is 44.3. The van der Waals surface area contributed by atoms with Gasteiger partial charge < -0.3 is 25.1 Å². The molecule has 3 aromatic rings. The van der Waals surface area contributed by atoms with Gasteiger partial charge in [-0.25, -0.2) is 18.4 Å². The second-order valence-electron chi connectivity index (χ2n) is 7.51. The number of rotatable bonds is 10. The van der Waals surface area contributed by atoms with Crippen LogP contribution in [-0.4, -0.2) is 34.9 Å². The smallest absolute Gasteiger partial charge is 0.411 e. The fourth-order valence-electron chi connectivity index (χ4n) is 3.20. The number of ether oxygens (including phenoxy) is 3. The average Bonchev–Trinajstić information content (AvgIpc) is 2.84. The molecule has 0 aliphatic carbocycles. The van der Waals surface area contributed by atoms with Crippen LogP contribution in [0, 0.1) is 11.6 Å². The van der Waals surface area contributed by atoms with Gasteiger partial charge in [-0.1, -0.05) is 25.1 Å². The predicted molar refractivity (Wildman–Crippen MR) is 127 cm³/mol. The number of carboxylic acid groups (broad SMARTS) is 1. The number of carboxylic acids is 1. The first-order chi connectivity index (χ1) is 17.2. The third-order valence-corrected chi connectivity index (χ3v) is 4.90.